The van der Waals surface area contributed by atoms with Crippen molar-refractivity contribution >= 4 is 25.3 Å². The van der Waals surface area contributed by atoms with Crippen LogP contribution in [-0.2, 0) is 15.7 Å². The highest BCUT2D eigenvalue weighted by atomic mass is 28.4. The second kappa shape index (κ2) is 9.08. The Bertz CT molecular complexity index is 1140. The Morgan fingerprint density at radius 2 is 2.09 bits per heavy atom. The van der Waals surface area contributed by atoms with Crippen molar-refractivity contribution in [3.63, 3.8) is 0 Å². The minimum absolute atomic E-state index is 0.0437. The lowest BCUT2D eigenvalue weighted by molar-refractivity contribution is -0.0367. The van der Waals surface area contributed by atoms with Crippen LogP contribution in [0.25, 0.3) is 28.1 Å². The van der Waals surface area contributed by atoms with Crippen molar-refractivity contribution in [2.45, 2.75) is 70.9 Å². The van der Waals surface area contributed by atoms with Crippen LogP contribution >= 0.6 is 0 Å². The molecule has 0 bridgehead atoms. The Morgan fingerprint density at radius 3 is 2.76 bits per heavy atom. The fourth-order valence-corrected chi connectivity index (χ4v) is 5.00. The van der Waals surface area contributed by atoms with Gasteiger partial charge in [0, 0.05) is 12.0 Å². The number of hydrogen-bond donors (Lipinski definition) is 1. The molecule has 7 nitrogen and oxygen atoms in total. The zero-order valence-electron chi connectivity index (χ0n) is 20.5. The number of aromatic nitrogens is 4. The molecule has 0 radical (unpaired) electrons. The summed E-state index contributed by atoms with van der Waals surface area (Å²) in [6.07, 6.45) is 6.63. The standard InChI is InChI=1S/C25H36N4O3Si/c1-7-21-19-16-18(11-12-22(19)29(27-21)23-10-8-9-14-31-23)20-17-26-28(24(20)30)13-15-32-33(5,6)25(2,3)4/h7,11-12,16-17,23,30H,1,8-10,13-15H2,2-6H3. The van der Waals surface area contributed by atoms with Crippen molar-refractivity contribution in [3.05, 3.63) is 36.7 Å². The number of fused-ring (bicyclic) bond motifs is 1. The van der Waals surface area contributed by atoms with E-state index in [1.165, 1.54) is 0 Å². The molecule has 1 unspecified atom stereocenters. The van der Waals surface area contributed by atoms with Crippen molar-refractivity contribution in [2.75, 3.05) is 13.2 Å². The van der Waals surface area contributed by atoms with Gasteiger partial charge < -0.3 is 14.3 Å². The van der Waals surface area contributed by atoms with Crippen LogP contribution in [0.3, 0.4) is 0 Å². The maximum absolute atomic E-state index is 10.9. The third-order valence-electron chi connectivity index (χ3n) is 7.05. The summed E-state index contributed by atoms with van der Waals surface area (Å²) < 4.78 is 15.8. The summed E-state index contributed by atoms with van der Waals surface area (Å²) in [5.41, 5.74) is 3.41. The van der Waals surface area contributed by atoms with E-state index in [0.717, 1.165) is 48.0 Å². The SMILES string of the molecule is C=Cc1nn(C2CCCCO2)c2ccc(-c3cnn(CCO[Si](C)(C)C(C)(C)C)c3O)cc12. The summed E-state index contributed by atoms with van der Waals surface area (Å²) in [5.74, 6) is 0.149. The van der Waals surface area contributed by atoms with Crippen molar-refractivity contribution in [2.24, 2.45) is 0 Å². The van der Waals surface area contributed by atoms with Gasteiger partial charge in [0.05, 0.1) is 36.1 Å². The first-order valence-electron chi connectivity index (χ1n) is 11.8. The molecule has 33 heavy (non-hydrogen) atoms. The van der Waals surface area contributed by atoms with E-state index in [2.05, 4.69) is 45.5 Å². The predicted molar refractivity (Wildman–Crippen MR) is 135 cm³/mol. The molecule has 0 amide bonds. The summed E-state index contributed by atoms with van der Waals surface area (Å²) in [4.78, 5) is 0. The van der Waals surface area contributed by atoms with E-state index in [1.807, 2.05) is 22.9 Å². The molecular weight excluding hydrogens is 432 g/mol. The van der Waals surface area contributed by atoms with Crippen LogP contribution in [0, 0.1) is 0 Å². The fraction of sp³-hybridized carbons (Fsp3) is 0.520. The summed E-state index contributed by atoms with van der Waals surface area (Å²) in [7, 11) is -1.84. The van der Waals surface area contributed by atoms with Gasteiger partial charge >= 0.3 is 0 Å². The monoisotopic (exact) mass is 468 g/mol. The topological polar surface area (TPSA) is 74.3 Å². The quantitative estimate of drug-likeness (QED) is 0.433. The summed E-state index contributed by atoms with van der Waals surface area (Å²) in [5, 5.41) is 21.2. The van der Waals surface area contributed by atoms with Gasteiger partial charge in [-0.1, -0.05) is 33.4 Å². The fourth-order valence-electron chi connectivity index (χ4n) is 3.97. The molecule has 0 saturated carbocycles. The number of rotatable bonds is 7. The van der Waals surface area contributed by atoms with Gasteiger partial charge in [0.2, 0.25) is 5.88 Å². The Kier molecular flexibility index (Phi) is 6.53. The maximum Gasteiger partial charge on any atom is 0.217 e. The van der Waals surface area contributed by atoms with Crippen LogP contribution < -0.4 is 0 Å². The lowest BCUT2D eigenvalue weighted by Gasteiger charge is -2.36. The largest absolute Gasteiger partial charge is 0.493 e. The highest BCUT2D eigenvalue weighted by molar-refractivity contribution is 6.74. The van der Waals surface area contributed by atoms with E-state index >= 15 is 0 Å². The lowest BCUT2D eigenvalue weighted by atomic mass is 10.1. The molecule has 2 aromatic heterocycles. The van der Waals surface area contributed by atoms with Crippen LogP contribution in [-0.4, -0.2) is 46.2 Å². The molecule has 1 fully saturated rings. The first-order chi connectivity index (χ1) is 15.6. The van der Waals surface area contributed by atoms with Gasteiger partial charge in [-0.2, -0.15) is 10.2 Å². The molecule has 8 heteroatoms. The summed E-state index contributed by atoms with van der Waals surface area (Å²) in [6, 6.07) is 6.09. The van der Waals surface area contributed by atoms with Gasteiger partial charge in [-0.25, -0.2) is 9.36 Å². The molecule has 3 heterocycles. The van der Waals surface area contributed by atoms with Crippen molar-refractivity contribution in [3.8, 4) is 17.0 Å². The smallest absolute Gasteiger partial charge is 0.217 e. The van der Waals surface area contributed by atoms with Gasteiger partial charge in [-0.05, 0) is 61.2 Å². The lowest BCUT2D eigenvalue weighted by Crippen LogP contribution is -2.41. The number of aromatic hydroxyl groups is 1. The van der Waals surface area contributed by atoms with E-state index in [9.17, 15) is 5.11 Å². The third-order valence-corrected chi connectivity index (χ3v) is 11.6. The van der Waals surface area contributed by atoms with Crippen LogP contribution in [0.4, 0.5) is 0 Å². The third kappa shape index (κ3) is 4.65. The normalized spacial score (nSPS) is 17.5. The number of ether oxygens (including phenoxy) is 1. The molecule has 3 aromatic rings. The minimum Gasteiger partial charge on any atom is -0.493 e. The molecular formula is C25H36N4O3Si. The van der Waals surface area contributed by atoms with E-state index < -0.39 is 8.32 Å². The molecule has 0 aliphatic carbocycles. The first-order valence-corrected chi connectivity index (χ1v) is 14.7. The highest BCUT2D eigenvalue weighted by Crippen LogP contribution is 2.37. The van der Waals surface area contributed by atoms with Crippen molar-refractivity contribution < 1.29 is 14.3 Å². The number of nitrogens with zero attached hydrogens (tertiary/aromatic N) is 4. The minimum atomic E-state index is -1.84. The zero-order valence-corrected chi connectivity index (χ0v) is 21.5. The first kappa shape index (κ1) is 23.7. The van der Waals surface area contributed by atoms with Gasteiger partial charge in [0.1, 0.15) is 0 Å². The van der Waals surface area contributed by atoms with Crippen molar-refractivity contribution in [1.29, 1.82) is 0 Å². The Balaban J connectivity index is 1.57. The van der Waals surface area contributed by atoms with Crippen molar-refractivity contribution in [1.82, 2.24) is 19.6 Å². The highest BCUT2D eigenvalue weighted by Gasteiger charge is 2.37. The average Bonchev–Trinajstić information content (AvgIpc) is 3.33. The van der Waals surface area contributed by atoms with Gasteiger partial charge in [-0.3, -0.25) is 0 Å². The number of hydrogen-bond acceptors (Lipinski definition) is 5. The average molecular weight is 469 g/mol. The van der Waals surface area contributed by atoms with E-state index in [1.54, 1.807) is 17.0 Å². The van der Waals surface area contributed by atoms with Crippen LogP contribution in [0.5, 0.6) is 5.88 Å². The molecule has 1 N–H and O–H groups in total. The van der Waals surface area contributed by atoms with E-state index in [0.29, 0.717) is 18.7 Å². The number of benzene rings is 1. The molecule has 178 valence electrons. The second-order valence-electron chi connectivity index (χ2n) is 10.3. The summed E-state index contributed by atoms with van der Waals surface area (Å²) >= 11 is 0. The molecule has 1 aliphatic rings. The van der Waals surface area contributed by atoms with Gasteiger partial charge in [0.25, 0.3) is 0 Å². The Morgan fingerprint density at radius 1 is 1.30 bits per heavy atom. The Labute approximate surface area is 197 Å². The molecule has 1 saturated heterocycles. The Hall–Kier alpha value is -2.42. The molecule has 1 atom stereocenters. The van der Waals surface area contributed by atoms with Crippen LogP contribution in [0.15, 0.2) is 31.0 Å². The molecule has 4 rings (SSSR count). The van der Waals surface area contributed by atoms with E-state index in [-0.39, 0.29) is 17.1 Å². The molecule has 0 spiro atoms. The second-order valence-corrected chi connectivity index (χ2v) is 15.1. The predicted octanol–water partition coefficient (Wildman–Crippen LogP) is 5.97. The van der Waals surface area contributed by atoms with Gasteiger partial charge in [0.15, 0.2) is 14.5 Å². The molecule has 1 aromatic carbocycles. The van der Waals surface area contributed by atoms with E-state index in [4.69, 9.17) is 14.3 Å². The summed E-state index contributed by atoms with van der Waals surface area (Å²) in [6.45, 7) is 16.9. The molecule has 1 aliphatic heterocycles. The zero-order chi connectivity index (χ0) is 23.8. The van der Waals surface area contributed by atoms with Crippen LogP contribution in [0.1, 0.15) is 52.0 Å². The van der Waals surface area contributed by atoms with Crippen LogP contribution in [0.2, 0.25) is 18.1 Å². The maximum atomic E-state index is 10.9. The van der Waals surface area contributed by atoms with Gasteiger partial charge in [-0.15, -0.1) is 0 Å².